The minimum atomic E-state index is -0.523. The summed E-state index contributed by atoms with van der Waals surface area (Å²) >= 11 is 1.13. The second-order valence-corrected chi connectivity index (χ2v) is 8.06. The summed E-state index contributed by atoms with van der Waals surface area (Å²) in [6, 6.07) is 0.366. The predicted molar refractivity (Wildman–Crippen MR) is 107 cm³/mol. The number of carbonyl (C=O) groups is 3. The zero-order chi connectivity index (χ0) is 20.1. The van der Waals surface area contributed by atoms with Gasteiger partial charge in [-0.05, 0) is 45.7 Å². The normalized spacial score (nSPS) is 17.4. The summed E-state index contributed by atoms with van der Waals surface area (Å²) in [6.07, 6.45) is 3.36. The zero-order valence-electron chi connectivity index (χ0n) is 16.8. The van der Waals surface area contributed by atoms with Crippen LogP contribution >= 0.6 is 11.3 Å². The molecule has 8 heteroatoms. The molecule has 0 unspecified atom stereocenters. The van der Waals surface area contributed by atoms with Crippen LogP contribution in [0, 0.1) is 6.92 Å². The van der Waals surface area contributed by atoms with Crippen LogP contribution in [0.4, 0.5) is 5.00 Å². The molecule has 2 amide bonds. The first kappa shape index (κ1) is 21.4. The fourth-order valence-electron chi connectivity index (χ4n) is 3.20. The average Bonchev–Trinajstić information content (AvgIpc) is 2.92. The van der Waals surface area contributed by atoms with Crippen molar-refractivity contribution in [3.63, 3.8) is 0 Å². The average molecular weight is 396 g/mol. The molecular weight excluding hydrogens is 366 g/mol. The number of carbonyl (C=O) groups excluding carboxylic acids is 3. The van der Waals surface area contributed by atoms with E-state index in [1.54, 1.807) is 27.9 Å². The number of piperidine rings is 1. The second kappa shape index (κ2) is 9.32. The fourth-order valence-corrected chi connectivity index (χ4v) is 4.43. The lowest BCUT2D eigenvalue weighted by molar-refractivity contribution is -0.118. The topological polar surface area (TPSA) is 79.0 Å². The van der Waals surface area contributed by atoms with E-state index in [1.165, 1.54) is 11.3 Å². The maximum absolute atomic E-state index is 12.6. The van der Waals surface area contributed by atoms with Gasteiger partial charge in [-0.1, -0.05) is 6.42 Å². The van der Waals surface area contributed by atoms with Gasteiger partial charge in [-0.15, -0.1) is 11.3 Å². The van der Waals surface area contributed by atoms with Gasteiger partial charge in [-0.2, -0.15) is 0 Å². The Bertz CT molecular complexity index is 714. The lowest BCUT2D eigenvalue weighted by Gasteiger charge is -2.32. The number of rotatable bonds is 6. The van der Waals surface area contributed by atoms with E-state index >= 15 is 0 Å². The molecule has 1 aromatic heterocycles. The van der Waals surface area contributed by atoms with Crippen molar-refractivity contribution in [2.75, 3.05) is 39.1 Å². The smallest absolute Gasteiger partial charge is 0.341 e. The standard InChI is InChI=1S/C19H29N3O4S/c1-6-26-19(25)15-13(3)16(18(24)21(4)5)27-17(15)20-14(23)11-22-10-8-7-9-12(22)2/h12H,6-11H2,1-5H3,(H,20,23)/t12-/m1/s1. The van der Waals surface area contributed by atoms with Crippen LogP contribution in [0.25, 0.3) is 0 Å². The molecule has 2 heterocycles. The Kier molecular flexibility index (Phi) is 7.38. The molecular formula is C19H29N3O4S. The monoisotopic (exact) mass is 395 g/mol. The molecule has 1 saturated heterocycles. The highest BCUT2D eigenvalue weighted by molar-refractivity contribution is 7.18. The van der Waals surface area contributed by atoms with E-state index in [4.69, 9.17) is 4.74 Å². The number of nitrogens with one attached hydrogen (secondary N) is 1. The number of ether oxygens (including phenoxy) is 1. The van der Waals surface area contributed by atoms with Gasteiger partial charge in [-0.3, -0.25) is 14.5 Å². The minimum Gasteiger partial charge on any atom is -0.462 e. The number of nitrogens with zero attached hydrogens (tertiary/aromatic N) is 2. The first-order valence-corrected chi connectivity index (χ1v) is 10.1. The van der Waals surface area contributed by atoms with Crippen molar-refractivity contribution in [2.45, 2.75) is 46.1 Å². The first-order chi connectivity index (χ1) is 12.8. The molecule has 7 nitrogen and oxygen atoms in total. The molecule has 0 spiro atoms. The number of amides is 2. The minimum absolute atomic E-state index is 0.181. The van der Waals surface area contributed by atoms with Gasteiger partial charge in [0.25, 0.3) is 5.91 Å². The van der Waals surface area contributed by atoms with Crippen molar-refractivity contribution in [1.29, 1.82) is 0 Å². The Hall–Kier alpha value is -1.93. The van der Waals surface area contributed by atoms with Gasteiger partial charge in [-0.25, -0.2) is 4.79 Å². The number of anilines is 1. The molecule has 2 rings (SSSR count). The molecule has 0 bridgehead atoms. The molecule has 0 aromatic carbocycles. The second-order valence-electron chi connectivity index (χ2n) is 7.04. The summed E-state index contributed by atoms with van der Waals surface area (Å²) in [6.45, 7) is 6.96. The Morgan fingerprint density at radius 1 is 1.30 bits per heavy atom. The van der Waals surface area contributed by atoms with Gasteiger partial charge in [0.05, 0.1) is 23.6 Å². The van der Waals surface area contributed by atoms with Gasteiger partial charge in [0, 0.05) is 20.1 Å². The van der Waals surface area contributed by atoms with Crippen LogP contribution < -0.4 is 5.32 Å². The molecule has 1 fully saturated rings. The highest BCUT2D eigenvalue weighted by Gasteiger charge is 2.28. The van der Waals surface area contributed by atoms with Crippen molar-refractivity contribution in [3.8, 4) is 0 Å². The van der Waals surface area contributed by atoms with Crippen LogP contribution in [0.2, 0.25) is 0 Å². The van der Waals surface area contributed by atoms with Crippen LogP contribution in [0.3, 0.4) is 0 Å². The van der Waals surface area contributed by atoms with E-state index in [9.17, 15) is 14.4 Å². The van der Waals surface area contributed by atoms with Crippen LogP contribution in [0.5, 0.6) is 0 Å². The predicted octanol–water partition coefficient (Wildman–Crippen LogP) is 2.75. The summed E-state index contributed by atoms with van der Waals surface area (Å²) in [5.74, 6) is -0.904. The molecule has 1 aromatic rings. The Labute approximate surface area is 164 Å². The Morgan fingerprint density at radius 2 is 2.00 bits per heavy atom. The van der Waals surface area contributed by atoms with E-state index in [0.29, 0.717) is 21.5 Å². The van der Waals surface area contributed by atoms with Gasteiger partial charge < -0.3 is 15.0 Å². The van der Waals surface area contributed by atoms with Gasteiger partial charge in [0.15, 0.2) is 0 Å². The number of hydrogen-bond donors (Lipinski definition) is 1. The van der Waals surface area contributed by atoms with Gasteiger partial charge in [0.1, 0.15) is 5.00 Å². The van der Waals surface area contributed by atoms with Gasteiger partial charge >= 0.3 is 5.97 Å². The van der Waals surface area contributed by atoms with Crippen molar-refractivity contribution in [2.24, 2.45) is 0 Å². The van der Waals surface area contributed by atoms with Crippen LogP contribution in [-0.4, -0.2) is 67.4 Å². The maximum atomic E-state index is 12.6. The van der Waals surface area contributed by atoms with E-state index in [-0.39, 0.29) is 30.5 Å². The quantitative estimate of drug-likeness (QED) is 0.750. The summed E-state index contributed by atoms with van der Waals surface area (Å²) < 4.78 is 5.13. The summed E-state index contributed by atoms with van der Waals surface area (Å²) in [5, 5.41) is 3.22. The Balaban J connectivity index is 2.25. The molecule has 1 atom stereocenters. The number of hydrogen-bond acceptors (Lipinski definition) is 6. The number of thiophene rings is 1. The van der Waals surface area contributed by atoms with Crippen molar-refractivity contribution in [1.82, 2.24) is 9.80 Å². The Morgan fingerprint density at radius 3 is 2.59 bits per heavy atom. The number of likely N-dealkylation sites (tertiary alicyclic amines) is 1. The van der Waals surface area contributed by atoms with Crippen molar-refractivity contribution in [3.05, 3.63) is 16.0 Å². The first-order valence-electron chi connectivity index (χ1n) is 9.32. The largest absolute Gasteiger partial charge is 0.462 e. The molecule has 27 heavy (non-hydrogen) atoms. The van der Waals surface area contributed by atoms with Gasteiger partial charge in [0.2, 0.25) is 5.91 Å². The lowest BCUT2D eigenvalue weighted by atomic mass is 10.0. The van der Waals surface area contributed by atoms with E-state index in [2.05, 4.69) is 17.1 Å². The third kappa shape index (κ3) is 5.07. The van der Waals surface area contributed by atoms with Crippen molar-refractivity contribution >= 4 is 34.1 Å². The molecule has 1 aliphatic rings. The number of esters is 1. The molecule has 0 saturated carbocycles. The highest BCUT2D eigenvalue weighted by Crippen LogP contribution is 2.34. The molecule has 0 aliphatic carbocycles. The van der Waals surface area contributed by atoms with Crippen LogP contribution in [0.1, 0.15) is 58.7 Å². The molecule has 150 valence electrons. The fraction of sp³-hybridized carbons (Fsp3) is 0.632. The van der Waals surface area contributed by atoms with Crippen molar-refractivity contribution < 1.29 is 19.1 Å². The molecule has 1 N–H and O–H groups in total. The zero-order valence-corrected chi connectivity index (χ0v) is 17.6. The third-order valence-electron chi connectivity index (χ3n) is 4.77. The summed E-state index contributed by atoms with van der Waals surface area (Å²) in [4.78, 5) is 41.5. The SMILES string of the molecule is CCOC(=O)c1c(NC(=O)CN2CCCC[C@H]2C)sc(C(=O)N(C)C)c1C. The summed E-state index contributed by atoms with van der Waals surface area (Å²) in [7, 11) is 3.31. The molecule has 1 aliphatic heterocycles. The van der Waals surface area contributed by atoms with E-state index < -0.39 is 5.97 Å². The van der Waals surface area contributed by atoms with E-state index in [1.807, 2.05) is 0 Å². The lowest BCUT2D eigenvalue weighted by Crippen LogP contribution is -2.42. The maximum Gasteiger partial charge on any atom is 0.341 e. The van der Waals surface area contributed by atoms with Crippen LogP contribution in [0.15, 0.2) is 0 Å². The third-order valence-corrected chi connectivity index (χ3v) is 5.96. The van der Waals surface area contributed by atoms with Crippen LogP contribution in [-0.2, 0) is 9.53 Å². The highest BCUT2D eigenvalue weighted by atomic mass is 32.1. The van der Waals surface area contributed by atoms with E-state index in [0.717, 1.165) is 30.7 Å². The molecule has 0 radical (unpaired) electrons. The summed E-state index contributed by atoms with van der Waals surface area (Å²) in [5.41, 5.74) is 0.811.